The summed E-state index contributed by atoms with van der Waals surface area (Å²) < 4.78 is 16.2. The Hall–Kier alpha value is -3.26. The standard InChI is InChI=1S/C18H14N2O3/c1-21-14-8-7-12(17(10-14)22-2)9-13(11-19)18-20-15-5-3-4-6-16(15)23-18/h3-10H,1-2H3. The average molecular weight is 306 g/mol. The van der Waals surface area contributed by atoms with Gasteiger partial charge in [-0.1, -0.05) is 12.1 Å². The summed E-state index contributed by atoms with van der Waals surface area (Å²) in [5, 5.41) is 9.45. The third-order valence-corrected chi connectivity index (χ3v) is 3.39. The lowest BCUT2D eigenvalue weighted by molar-refractivity contribution is 0.394. The molecule has 0 aliphatic rings. The van der Waals surface area contributed by atoms with E-state index in [1.54, 1.807) is 32.4 Å². The molecule has 3 aromatic rings. The fourth-order valence-electron chi connectivity index (χ4n) is 2.22. The van der Waals surface area contributed by atoms with E-state index in [1.165, 1.54) is 0 Å². The van der Waals surface area contributed by atoms with Gasteiger partial charge < -0.3 is 13.9 Å². The Kier molecular flexibility index (Phi) is 3.98. The van der Waals surface area contributed by atoms with Gasteiger partial charge in [0.1, 0.15) is 28.7 Å². The molecular formula is C18H14N2O3. The molecule has 3 rings (SSSR count). The normalized spacial score (nSPS) is 11.3. The number of hydrogen-bond acceptors (Lipinski definition) is 5. The zero-order valence-electron chi connectivity index (χ0n) is 12.7. The maximum atomic E-state index is 9.45. The van der Waals surface area contributed by atoms with Crippen LogP contribution in [0.4, 0.5) is 0 Å². The summed E-state index contributed by atoms with van der Waals surface area (Å²) in [5.41, 5.74) is 2.42. The summed E-state index contributed by atoms with van der Waals surface area (Å²) in [5.74, 6) is 1.57. The maximum absolute atomic E-state index is 9.45. The van der Waals surface area contributed by atoms with Crippen LogP contribution in [0.15, 0.2) is 46.9 Å². The second kappa shape index (κ2) is 6.24. The van der Waals surface area contributed by atoms with E-state index in [1.807, 2.05) is 30.3 Å². The van der Waals surface area contributed by atoms with E-state index in [9.17, 15) is 5.26 Å². The lowest BCUT2D eigenvalue weighted by Gasteiger charge is -2.07. The van der Waals surface area contributed by atoms with Crippen molar-refractivity contribution in [1.82, 2.24) is 4.98 Å². The lowest BCUT2D eigenvalue weighted by Crippen LogP contribution is -1.90. The molecule has 0 unspecified atom stereocenters. The Morgan fingerprint density at radius 1 is 1.17 bits per heavy atom. The first-order valence-electron chi connectivity index (χ1n) is 6.95. The Labute approximate surface area is 133 Å². The summed E-state index contributed by atoms with van der Waals surface area (Å²) in [4.78, 5) is 4.35. The molecule has 5 nitrogen and oxygen atoms in total. The first kappa shape index (κ1) is 14.7. The van der Waals surface area contributed by atoms with Crippen LogP contribution in [-0.4, -0.2) is 19.2 Å². The number of allylic oxidation sites excluding steroid dienone is 1. The predicted molar refractivity (Wildman–Crippen MR) is 87.0 cm³/mol. The highest BCUT2D eigenvalue weighted by molar-refractivity contribution is 5.89. The minimum absolute atomic E-state index is 0.284. The summed E-state index contributed by atoms with van der Waals surface area (Å²) in [7, 11) is 3.15. The monoisotopic (exact) mass is 306 g/mol. The second-order valence-corrected chi connectivity index (χ2v) is 4.76. The van der Waals surface area contributed by atoms with Crippen molar-refractivity contribution in [2.45, 2.75) is 0 Å². The van der Waals surface area contributed by atoms with E-state index >= 15 is 0 Å². The van der Waals surface area contributed by atoms with Crippen LogP contribution in [0.5, 0.6) is 11.5 Å². The minimum atomic E-state index is 0.284. The summed E-state index contributed by atoms with van der Waals surface area (Å²) in [6, 6.07) is 14.9. The highest BCUT2D eigenvalue weighted by Gasteiger charge is 2.12. The summed E-state index contributed by atoms with van der Waals surface area (Å²) in [6.07, 6.45) is 1.68. The fraction of sp³-hybridized carbons (Fsp3) is 0.111. The molecule has 23 heavy (non-hydrogen) atoms. The Morgan fingerprint density at radius 2 is 2.00 bits per heavy atom. The molecule has 1 heterocycles. The van der Waals surface area contributed by atoms with Gasteiger partial charge in [-0.2, -0.15) is 5.26 Å². The molecule has 0 spiro atoms. The van der Waals surface area contributed by atoms with Gasteiger partial charge in [-0.15, -0.1) is 0 Å². The van der Waals surface area contributed by atoms with Gasteiger partial charge in [0, 0.05) is 11.6 Å². The van der Waals surface area contributed by atoms with Gasteiger partial charge in [0.25, 0.3) is 0 Å². The quantitative estimate of drug-likeness (QED) is 0.684. The Bertz CT molecular complexity index is 886. The molecule has 0 atom stereocenters. The highest BCUT2D eigenvalue weighted by Crippen LogP contribution is 2.29. The molecule has 2 aromatic carbocycles. The third kappa shape index (κ3) is 2.87. The van der Waals surface area contributed by atoms with E-state index in [-0.39, 0.29) is 5.89 Å². The predicted octanol–water partition coefficient (Wildman–Crippen LogP) is 3.91. The number of oxazole rings is 1. The number of rotatable bonds is 4. The topological polar surface area (TPSA) is 68.3 Å². The van der Waals surface area contributed by atoms with E-state index in [2.05, 4.69) is 11.1 Å². The number of benzene rings is 2. The van der Waals surface area contributed by atoms with Crippen LogP contribution >= 0.6 is 0 Å². The van der Waals surface area contributed by atoms with E-state index < -0.39 is 0 Å². The zero-order valence-corrected chi connectivity index (χ0v) is 12.7. The van der Waals surface area contributed by atoms with E-state index in [4.69, 9.17) is 13.9 Å². The van der Waals surface area contributed by atoms with Crippen LogP contribution in [-0.2, 0) is 0 Å². The van der Waals surface area contributed by atoms with Crippen molar-refractivity contribution in [1.29, 1.82) is 5.26 Å². The van der Waals surface area contributed by atoms with Crippen LogP contribution in [0.2, 0.25) is 0 Å². The minimum Gasteiger partial charge on any atom is -0.497 e. The van der Waals surface area contributed by atoms with Crippen molar-refractivity contribution in [3.63, 3.8) is 0 Å². The highest BCUT2D eigenvalue weighted by atomic mass is 16.5. The number of nitriles is 1. The van der Waals surface area contributed by atoms with Crippen LogP contribution in [0.25, 0.3) is 22.7 Å². The van der Waals surface area contributed by atoms with Crippen molar-refractivity contribution >= 4 is 22.7 Å². The van der Waals surface area contributed by atoms with E-state index in [0.717, 1.165) is 5.56 Å². The zero-order chi connectivity index (χ0) is 16.2. The molecule has 114 valence electrons. The fourth-order valence-corrected chi connectivity index (χ4v) is 2.22. The maximum Gasteiger partial charge on any atom is 0.238 e. The van der Waals surface area contributed by atoms with Crippen LogP contribution in [0, 0.1) is 11.3 Å². The first-order chi connectivity index (χ1) is 11.2. The molecule has 1 aromatic heterocycles. The van der Waals surface area contributed by atoms with Crippen molar-refractivity contribution in [3.8, 4) is 17.6 Å². The number of hydrogen-bond donors (Lipinski definition) is 0. The van der Waals surface area contributed by atoms with Gasteiger partial charge in [0.2, 0.25) is 5.89 Å². The summed E-state index contributed by atoms with van der Waals surface area (Å²) >= 11 is 0. The van der Waals surface area contributed by atoms with Gasteiger partial charge in [0.15, 0.2) is 5.58 Å². The second-order valence-electron chi connectivity index (χ2n) is 4.76. The first-order valence-corrected chi connectivity index (χ1v) is 6.95. The molecule has 0 saturated heterocycles. The van der Waals surface area contributed by atoms with E-state index in [0.29, 0.717) is 28.2 Å². The number of ether oxygens (including phenoxy) is 2. The number of fused-ring (bicyclic) bond motifs is 1. The molecule has 0 aliphatic carbocycles. The molecule has 0 aliphatic heterocycles. The molecular weight excluding hydrogens is 292 g/mol. The van der Waals surface area contributed by atoms with Crippen molar-refractivity contribution in [3.05, 3.63) is 53.9 Å². The molecule has 0 bridgehead atoms. The number of nitrogens with zero attached hydrogens (tertiary/aromatic N) is 2. The summed E-state index contributed by atoms with van der Waals surface area (Å²) in [6.45, 7) is 0. The number of para-hydroxylation sites is 2. The average Bonchev–Trinajstić information content (AvgIpc) is 3.03. The third-order valence-electron chi connectivity index (χ3n) is 3.39. The van der Waals surface area contributed by atoms with Crippen molar-refractivity contribution < 1.29 is 13.9 Å². The van der Waals surface area contributed by atoms with Gasteiger partial charge in [-0.05, 0) is 30.3 Å². The smallest absolute Gasteiger partial charge is 0.238 e. The molecule has 0 saturated carbocycles. The molecule has 0 fully saturated rings. The van der Waals surface area contributed by atoms with Crippen LogP contribution in [0.3, 0.4) is 0 Å². The van der Waals surface area contributed by atoms with Gasteiger partial charge >= 0.3 is 0 Å². The van der Waals surface area contributed by atoms with Gasteiger partial charge in [-0.25, -0.2) is 4.98 Å². The van der Waals surface area contributed by atoms with Gasteiger partial charge in [0.05, 0.1) is 14.2 Å². The Balaban J connectivity index is 2.07. The van der Waals surface area contributed by atoms with Gasteiger partial charge in [-0.3, -0.25) is 0 Å². The van der Waals surface area contributed by atoms with Crippen LogP contribution in [0.1, 0.15) is 11.5 Å². The van der Waals surface area contributed by atoms with Crippen LogP contribution < -0.4 is 9.47 Å². The van der Waals surface area contributed by atoms with Crippen molar-refractivity contribution in [2.75, 3.05) is 14.2 Å². The molecule has 5 heteroatoms. The molecule has 0 amide bonds. The Morgan fingerprint density at radius 3 is 2.70 bits per heavy atom. The number of aromatic nitrogens is 1. The number of methoxy groups -OCH3 is 2. The lowest BCUT2D eigenvalue weighted by atomic mass is 10.1. The largest absolute Gasteiger partial charge is 0.497 e. The molecule has 0 radical (unpaired) electrons. The van der Waals surface area contributed by atoms with Crippen molar-refractivity contribution in [2.24, 2.45) is 0 Å². The SMILES string of the molecule is COc1ccc(C=C(C#N)c2nc3ccccc3o2)c(OC)c1. The molecule has 0 N–H and O–H groups in total.